The second-order valence-electron chi connectivity index (χ2n) is 2.76. The first-order valence-corrected chi connectivity index (χ1v) is 4.87. The van der Waals surface area contributed by atoms with Gasteiger partial charge in [0.2, 0.25) is 0 Å². The average Bonchev–Trinajstić information content (AvgIpc) is 2.77. The van der Waals surface area contributed by atoms with Gasteiger partial charge in [0.1, 0.15) is 5.56 Å². The third-order valence-electron chi connectivity index (χ3n) is 1.83. The molecule has 0 radical (unpaired) electrons. The number of thiazole rings is 1. The van der Waals surface area contributed by atoms with Crippen LogP contribution in [0.25, 0.3) is 0 Å². The lowest BCUT2D eigenvalue weighted by Gasteiger charge is -1.97. The molecule has 0 bridgehead atoms. The second-order valence-corrected chi connectivity index (χ2v) is 3.62. The molecule has 1 N–H and O–H groups in total. The molecule has 0 aliphatic heterocycles. The van der Waals surface area contributed by atoms with Gasteiger partial charge >= 0.3 is 10.8 Å². The standard InChI is InChI=1S/C8H6N2O4S/c11-7(12)5-3-9-14-6(5)4-10-1-2-15-8(10)13/h1-3H,4H2,(H,11,12). The van der Waals surface area contributed by atoms with Crippen LogP contribution in [0.1, 0.15) is 16.1 Å². The highest BCUT2D eigenvalue weighted by Gasteiger charge is 2.15. The molecule has 2 rings (SSSR count). The minimum absolute atomic E-state index is 0.0203. The first-order chi connectivity index (χ1) is 7.18. The fourth-order valence-corrected chi connectivity index (χ4v) is 1.70. The summed E-state index contributed by atoms with van der Waals surface area (Å²) in [6.45, 7) is 0.0873. The molecule has 2 heterocycles. The molecule has 2 aromatic heterocycles. The summed E-state index contributed by atoms with van der Waals surface area (Å²) in [4.78, 5) is 21.7. The van der Waals surface area contributed by atoms with E-state index in [1.165, 1.54) is 4.57 Å². The summed E-state index contributed by atoms with van der Waals surface area (Å²) in [5.41, 5.74) is -0.0203. The van der Waals surface area contributed by atoms with E-state index in [2.05, 4.69) is 5.16 Å². The summed E-state index contributed by atoms with van der Waals surface area (Å²) in [5, 5.41) is 13.8. The van der Waals surface area contributed by atoms with Gasteiger partial charge in [0.05, 0.1) is 12.7 Å². The van der Waals surface area contributed by atoms with Crippen LogP contribution in [0.15, 0.2) is 27.1 Å². The van der Waals surface area contributed by atoms with Gasteiger partial charge in [-0.2, -0.15) is 0 Å². The van der Waals surface area contributed by atoms with Gasteiger partial charge < -0.3 is 9.63 Å². The number of hydrogen-bond acceptors (Lipinski definition) is 5. The largest absolute Gasteiger partial charge is 0.478 e. The number of aromatic nitrogens is 2. The van der Waals surface area contributed by atoms with E-state index in [-0.39, 0.29) is 22.7 Å². The van der Waals surface area contributed by atoms with E-state index in [1.807, 2.05) is 0 Å². The van der Waals surface area contributed by atoms with Gasteiger partial charge in [-0.05, 0) is 0 Å². The molecule has 0 aliphatic rings. The normalized spacial score (nSPS) is 10.4. The molecule has 0 unspecified atom stereocenters. The highest BCUT2D eigenvalue weighted by Crippen LogP contribution is 2.09. The summed E-state index contributed by atoms with van der Waals surface area (Å²) in [6, 6.07) is 0. The van der Waals surface area contributed by atoms with Crippen molar-refractivity contribution in [3.05, 3.63) is 38.8 Å². The van der Waals surface area contributed by atoms with Crippen LogP contribution in [0, 0.1) is 0 Å². The van der Waals surface area contributed by atoms with Crippen LogP contribution in [0.4, 0.5) is 0 Å². The van der Waals surface area contributed by atoms with Gasteiger partial charge in [-0.1, -0.05) is 16.5 Å². The average molecular weight is 226 g/mol. The number of nitrogens with zero attached hydrogens (tertiary/aromatic N) is 2. The molecule has 0 aromatic carbocycles. The molecular formula is C8H6N2O4S. The Kier molecular flexibility index (Phi) is 2.38. The van der Waals surface area contributed by atoms with Gasteiger partial charge in [0.15, 0.2) is 5.76 Å². The maximum Gasteiger partial charge on any atom is 0.341 e. The van der Waals surface area contributed by atoms with Crippen molar-refractivity contribution >= 4 is 17.3 Å². The number of carboxylic acid groups (broad SMARTS) is 1. The predicted molar refractivity (Wildman–Crippen MR) is 51.1 cm³/mol. The Morgan fingerprint density at radius 1 is 1.67 bits per heavy atom. The predicted octanol–water partition coefficient (Wildman–Crippen LogP) is 0.644. The molecule has 0 saturated heterocycles. The first kappa shape index (κ1) is 9.66. The summed E-state index contributed by atoms with van der Waals surface area (Å²) in [5.74, 6) is -0.947. The zero-order valence-corrected chi connectivity index (χ0v) is 8.23. The maximum atomic E-state index is 11.2. The zero-order valence-electron chi connectivity index (χ0n) is 7.41. The molecule has 7 heteroatoms. The monoisotopic (exact) mass is 226 g/mol. The molecule has 0 fully saturated rings. The maximum absolute atomic E-state index is 11.2. The smallest absolute Gasteiger partial charge is 0.341 e. The van der Waals surface area contributed by atoms with E-state index in [9.17, 15) is 9.59 Å². The van der Waals surface area contributed by atoms with Crippen molar-refractivity contribution in [3.63, 3.8) is 0 Å². The van der Waals surface area contributed by atoms with Gasteiger partial charge in [-0.25, -0.2) is 4.79 Å². The Bertz CT molecular complexity index is 539. The Hall–Kier alpha value is -1.89. The SMILES string of the molecule is O=C(O)c1cnoc1Cn1ccsc1=O. The van der Waals surface area contributed by atoms with E-state index < -0.39 is 5.97 Å². The molecule has 0 saturated carbocycles. The van der Waals surface area contributed by atoms with Gasteiger partial charge in [-0.3, -0.25) is 9.36 Å². The van der Waals surface area contributed by atoms with Crippen molar-refractivity contribution in [2.75, 3.05) is 0 Å². The van der Waals surface area contributed by atoms with Crippen LogP contribution in [0.3, 0.4) is 0 Å². The molecule has 15 heavy (non-hydrogen) atoms. The van der Waals surface area contributed by atoms with Crippen LogP contribution in [0.5, 0.6) is 0 Å². The molecule has 6 nitrogen and oxygen atoms in total. The fraction of sp³-hybridized carbons (Fsp3) is 0.125. The fourth-order valence-electron chi connectivity index (χ4n) is 1.11. The molecule has 0 amide bonds. The Balaban J connectivity index is 2.32. The molecule has 0 spiro atoms. The lowest BCUT2D eigenvalue weighted by molar-refractivity contribution is 0.0694. The zero-order chi connectivity index (χ0) is 10.8. The minimum Gasteiger partial charge on any atom is -0.478 e. The van der Waals surface area contributed by atoms with Gasteiger partial charge in [-0.15, -0.1) is 0 Å². The lowest BCUT2D eigenvalue weighted by atomic mass is 10.2. The van der Waals surface area contributed by atoms with E-state index in [1.54, 1.807) is 11.6 Å². The summed E-state index contributed by atoms with van der Waals surface area (Å²) < 4.78 is 6.13. The Labute approximate surface area is 87.4 Å². The highest BCUT2D eigenvalue weighted by molar-refractivity contribution is 7.07. The first-order valence-electron chi connectivity index (χ1n) is 3.99. The Morgan fingerprint density at radius 3 is 3.07 bits per heavy atom. The van der Waals surface area contributed by atoms with E-state index >= 15 is 0 Å². The topological polar surface area (TPSA) is 85.3 Å². The van der Waals surface area contributed by atoms with Crippen molar-refractivity contribution in [2.24, 2.45) is 0 Å². The van der Waals surface area contributed by atoms with Crippen LogP contribution in [-0.4, -0.2) is 20.8 Å². The second kappa shape index (κ2) is 3.70. The van der Waals surface area contributed by atoms with Crippen molar-refractivity contribution in [1.29, 1.82) is 0 Å². The number of carboxylic acids is 1. The van der Waals surface area contributed by atoms with Crippen molar-refractivity contribution in [1.82, 2.24) is 9.72 Å². The number of rotatable bonds is 3. The van der Waals surface area contributed by atoms with Crippen molar-refractivity contribution in [2.45, 2.75) is 6.54 Å². The lowest BCUT2D eigenvalue weighted by Crippen LogP contribution is -2.13. The van der Waals surface area contributed by atoms with Crippen molar-refractivity contribution in [3.8, 4) is 0 Å². The molecular weight excluding hydrogens is 220 g/mol. The van der Waals surface area contributed by atoms with Gasteiger partial charge in [0, 0.05) is 11.6 Å². The summed E-state index contributed by atoms with van der Waals surface area (Å²) in [7, 11) is 0. The number of aromatic carboxylic acids is 1. The Morgan fingerprint density at radius 2 is 2.47 bits per heavy atom. The van der Waals surface area contributed by atoms with E-state index in [4.69, 9.17) is 9.63 Å². The molecule has 0 atom stereocenters. The van der Waals surface area contributed by atoms with Crippen LogP contribution in [0.2, 0.25) is 0 Å². The van der Waals surface area contributed by atoms with Crippen LogP contribution >= 0.6 is 11.3 Å². The van der Waals surface area contributed by atoms with Crippen LogP contribution < -0.4 is 4.87 Å². The van der Waals surface area contributed by atoms with Crippen molar-refractivity contribution < 1.29 is 14.4 Å². The molecule has 2 aromatic rings. The quantitative estimate of drug-likeness (QED) is 0.830. The number of carbonyl (C=O) groups is 1. The van der Waals surface area contributed by atoms with Gasteiger partial charge in [0.25, 0.3) is 0 Å². The summed E-state index contributed by atoms with van der Waals surface area (Å²) in [6.07, 6.45) is 2.69. The highest BCUT2D eigenvalue weighted by atomic mass is 32.1. The van der Waals surface area contributed by atoms with E-state index in [0.29, 0.717) is 0 Å². The minimum atomic E-state index is -1.12. The molecule has 78 valence electrons. The molecule has 0 aliphatic carbocycles. The number of hydrogen-bond donors (Lipinski definition) is 1. The third kappa shape index (κ3) is 1.82. The van der Waals surface area contributed by atoms with E-state index in [0.717, 1.165) is 17.5 Å². The summed E-state index contributed by atoms with van der Waals surface area (Å²) >= 11 is 1.04. The van der Waals surface area contributed by atoms with Crippen LogP contribution in [-0.2, 0) is 6.54 Å². The third-order valence-corrected chi connectivity index (χ3v) is 2.53.